The SMILES string of the molecule is CCOc1ccc(C(CC(=O)O)N2CCN(C)CC2)cc1. The van der Waals surface area contributed by atoms with Crippen molar-refractivity contribution < 1.29 is 14.6 Å². The quantitative estimate of drug-likeness (QED) is 0.867. The molecule has 1 unspecified atom stereocenters. The maximum atomic E-state index is 11.2. The van der Waals surface area contributed by atoms with E-state index in [0.717, 1.165) is 37.5 Å². The van der Waals surface area contributed by atoms with Gasteiger partial charge in [-0.2, -0.15) is 0 Å². The molecule has 1 aliphatic rings. The molecule has 1 aromatic rings. The van der Waals surface area contributed by atoms with E-state index >= 15 is 0 Å². The summed E-state index contributed by atoms with van der Waals surface area (Å²) in [7, 11) is 2.10. The number of piperazine rings is 1. The van der Waals surface area contributed by atoms with Crippen molar-refractivity contribution in [1.82, 2.24) is 9.80 Å². The second-order valence-electron chi connectivity index (χ2n) is 5.45. The molecule has 0 saturated carbocycles. The topological polar surface area (TPSA) is 53.0 Å². The fourth-order valence-electron chi connectivity index (χ4n) is 2.71. The summed E-state index contributed by atoms with van der Waals surface area (Å²) in [5.74, 6) is 0.0708. The highest BCUT2D eigenvalue weighted by atomic mass is 16.5. The third kappa shape index (κ3) is 4.44. The Hall–Kier alpha value is -1.59. The minimum Gasteiger partial charge on any atom is -0.494 e. The van der Waals surface area contributed by atoms with Crippen LogP contribution in [0.3, 0.4) is 0 Å². The number of nitrogens with zero attached hydrogens (tertiary/aromatic N) is 2. The van der Waals surface area contributed by atoms with Gasteiger partial charge in [0.25, 0.3) is 0 Å². The molecule has 1 N–H and O–H groups in total. The molecular weight excluding hydrogens is 268 g/mol. The maximum absolute atomic E-state index is 11.2. The highest BCUT2D eigenvalue weighted by Gasteiger charge is 2.25. The van der Waals surface area contributed by atoms with Gasteiger partial charge >= 0.3 is 5.97 Å². The number of ether oxygens (including phenoxy) is 1. The van der Waals surface area contributed by atoms with Crippen molar-refractivity contribution in [2.24, 2.45) is 0 Å². The van der Waals surface area contributed by atoms with Crippen molar-refractivity contribution >= 4 is 5.97 Å². The molecule has 0 aliphatic carbocycles. The molecular formula is C16H24N2O3. The Kier molecular flexibility index (Phi) is 5.59. The largest absolute Gasteiger partial charge is 0.494 e. The molecule has 0 aromatic heterocycles. The van der Waals surface area contributed by atoms with Gasteiger partial charge in [0.05, 0.1) is 13.0 Å². The Labute approximate surface area is 126 Å². The lowest BCUT2D eigenvalue weighted by molar-refractivity contribution is -0.138. The van der Waals surface area contributed by atoms with Crippen LogP contribution in [0.5, 0.6) is 5.75 Å². The van der Waals surface area contributed by atoms with Gasteiger partial charge in [0.15, 0.2) is 0 Å². The molecule has 1 aromatic carbocycles. The van der Waals surface area contributed by atoms with E-state index in [2.05, 4.69) is 16.8 Å². The Balaban J connectivity index is 2.13. The summed E-state index contributed by atoms with van der Waals surface area (Å²) in [5.41, 5.74) is 1.05. The van der Waals surface area contributed by atoms with Crippen LogP contribution in [0.2, 0.25) is 0 Å². The average Bonchev–Trinajstić information content (AvgIpc) is 2.47. The highest BCUT2D eigenvalue weighted by molar-refractivity contribution is 5.68. The predicted octanol–water partition coefficient (Wildman–Crippen LogP) is 1.85. The molecule has 5 nitrogen and oxygen atoms in total. The molecule has 5 heteroatoms. The van der Waals surface area contributed by atoms with Crippen molar-refractivity contribution in [3.8, 4) is 5.75 Å². The first-order chi connectivity index (χ1) is 10.1. The maximum Gasteiger partial charge on any atom is 0.305 e. The average molecular weight is 292 g/mol. The molecule has 21 heavy (non-hydrogen) atoms. The van der Waals surface area contributed by atoms with E-state index in [9.17, 15) is 9.90 Å². The predicted molar refractivity (Wildman–Crippen MR) is 81.7 cm³/mol. The summed E-state index contributed by atoms with van der Waals surface area (Å²) >= 11 is 0. The molecule has 0 amide bonds. The van der Waals surface area contributed by atoms with E-state index in [1.807, 2.05) is 31.2 Å². The van der Waals surface area contributed by atoms with E-state index in [1.54, 1.807) is 0 Å². The van der Waals surface area contributed by atoms with Crippen LogP contribution < -0.4 is 4.74 Å². The molecule has 0 radical (unpaired) electrons. The summed E-state index contributed by atoms with van der Waals surface area (Å²) < 4.78 is 5.44. The summed E-state index contributed by atoms with van der Waals surface area (Å²) in [4.78, 5) is 15.7. The summed E-state index contributed by atoms with van der Waals surface area (Å²) in [6, 6.07) is 7.74. The minimum absolute atomic E-state index is 0.0631. The van der Waals surface area contributed by atoms with Crippen LogP contribution in [0, 0.1) is 0 Å². The summed E-state index contributed by atoms with van der Waals surface area (Å²) in [6.45, 7) is 6.35. The van der Waals surface area contributed by atoms with E-state index in [0.29, 0.717) is 6.61 Å². The number of carboxylic acid groups (broad SMARTS) is 1. The van der Waals surface area contributed by atoms with Crippen LogP contribution in [0.25, 0.3) is 0 Å². The zero-order valence-corrected chi connectivity index (χ0v) is 12.8. The number of carbonyl (C=O) groups is 1. The fourth-order valence-corrected chi connectivity index (χ4v) is 2.71. The van der Waals surface area contributed by atoms with E-state index in [1.165, 1.54) is 0 Å². The number of rotatable bonds is 6. The minimum atomic E-state index is -0.757. The van der Waals surface area contributed by atoms with Crippen LogP contribution >= 0.6 is 0 Å². The van der Waals surface area contributed by atoms with Crippen LogP contribution in [-0.2, 0) is 4.79 Å². The van der Waals surface area contributed by atoms with E-state index in [-0.39, 0.29) is 12.5 Å². The number of hydrogen-bond donors (Lipinski definition) is 1. The Morgan fingerprint density at radius 3 is 2.38 bits per heavy atom. The lowest BCUT2D eigenvalue weighted by Gasteiger charge is -2.37. The molecule has 1 atom stereocenters. The lowest BCUT2D eigenvalue weighted by Crippen LogP contribution is -2.46. The zero-order chi connectivity index (χ0) is 15.2. The Bertz CT molecular complexity index is 453. The zero-order valence-electron chi connectivity index (χ0n) is 12.8. The van der Waals surface area contributed by atoms with Crippen LogP contribution in [0.15, 0.2) is 24.3 Å². The Morgan fingerprint density at radius 2 is 1.86 bits per heavy atom. The molecule has 0 spiro atoms. The number of benzene rings is 1. The lowest BCUT2D eigenvalue weighted by atomic mass is 10.0. The van der Waals surface area contributed by atoms with E-state index < -0.39 is 5.97 Å². The van der Waals surface area contributed by atoms with Gasteiger partial charge in [-0.3, -0.25) is 9.69 Å². The number of likely N-dealkylation sites (N-methyl/N-ethyl adjacent to an activating group) is 1. The third-order valence-electron chi connectivity index (χ3n) is 3.92. The number of aliphatic carboxylic acids is 1. The highest BCUT2D eigenvalue weighted by Crippen LogP contribution is 2.27. The van der Waals surface area contributed by atoms with Gasteiger partial charge < -0.3 is 14.7 Å². The first kappa shape index (κ1) is 15.8. The van der Waals surface area contributed by atoms with Crippen LogP contribution in [0.4, 0.5) is 0 Å². The molecule has 0 bridgehead atoms. The second-order valence-corrected chi connectivity index (χ2v) is 5.45. The van der Waals surface area contributed by atoms with Crippen molar-refractivity contribution in [3.05, 3.63) is 29.8 Å². The number of carboxylic acids is 1. The first-order valence-electron chi connectivity index (χ1n) is 7.47. The summed E-state index contributed by atoms with van der Waals surface area (Å²) in [5, 5.41) is 9.20. The van der Waals surface area contributed by atoms with Gasteiger partial charge in [0, 0.05) is 32.2 Å². The molecule has 2 rings (SSSR count). The summed E-state index contributed by atoms with van der Waals surface area (Å²) in [6.07, 6.45) is 0.137. The standard InChI is InChI=1S/C16H24N2O3/c1-3-21-14-6-4-13(5-7-14)15(12-16(19)20)18-10-8-17(2)9-11-18/h4-7,15H,3,8-12H2,1-2H3,(H,19,20). The van der Waals surface area contributed by atoms with Gasteiger partial charge in [-0.05, 0) is 31.7 Å². The first-order valence-corrected chi connectivity index (χ1v) is 7.47. The van der Waals surface area contributed by atoms with Gasteiger partial charge in [-0.25, -0.2) is 0 Å². The number of hydrogen-bond acceptors (Lipinski definition) is 4. The van der Waals surface area contributed by atoms with Gasteiger partial charge in [-0.1, -0.05) is 12.1 Å². The van der Waals surface area contributed by atoms with Crippen molar-refractivity contribution in [3.63, 3.8) is 0 Å². The molecule has 1 aliphatic heterocycles. The molecule has 1 fully saturated rings. The molecule has 116 valence electrons. The fraction of sp³-hybridized carbons (Fsp3) is 0.562. The van der Waals surface area contributed by atoms with Crippen LogP contribution in [-0.4, -0.2) is 60.7 Å². The van der Waals surface area contributed by atoms with Crippen LogP contribution in [0.1, 0.15) is 24.9 Å². The molecule has 1 saturated heterocycles. The smallest absolute Gasteiger partial charge is 0.305 e. The monoisotopic (exact) mass is 292 g/mol. The van der Waals surface area contributed by atoms with Gasteiger partial charge in [0.1, 0.15) is 5.75 Å². The second kappa shape index (κ2) is 7.43. The van der Waals surface area contributed by atoms with Gasteiger partial charge in [0.2, 0.25) is 0 Å². The Morgan fingerprint density at radius 1 is 1.24 bits per heavy atom. The van der Waals surface area contributed by atoms with Gasteiger partial charge in [-0.15, -0.1) is 0 Å². The molecule has 1 heterocycles. The van der Waals surface area contributed by atoms with Crippen molar-refractivity contribution in [1.29, 1.82) is 0 Å². The van der Waals surface area contributed by atoms with E-state index in [4.69, 9.17) is 4.74 Å². The van der Waals surface area contributed by atoms with Crippen molar-refractivity contribution in [2.45, 2.75) is 19.4 Å². The third-order valence-corrected chi connectivity index (χ3v) is 3.92. The van der Waals surface area contributed by atoms with Crippen molar-refractivity contribution in [2.75, 3.05) is 39.8 Å². The normalized spacial score (nSPS) is 18.4.